The van der Waals surface area contributed by atoms with E-state index in [0.717, 1.165) is 43.2 Å². The number of hydrogen-bond acceptors (Lipinski definition) is 4. The molecule has 104 valence electrons. The second-order valence-electron chi connectivity index (χ2n) is 6.61. The van der Waals surface area contributed by atoms with Gasteiger partial charge in [-0.2, -0.15) is 4.98 Å². The molecule has 0 aromatic carbocycles. The van der Waals surface area contributed by atoms with Gasteiger partial charge < -0.3 is 10.6 Å². The molecule has 2 atom stereocenters. The van der Waals surface area contributed by atoms with Crippen LogP contribution in [0.4, 0.5) is 5.95 Å². The quantitative estimate of drug-likeness (QED) is 0.865. The number of aromatic amines is 1. The number of nitrogens with one attached hydrogen (secondary N) is 1. The number of rotatable bonds is 3. The third-order valence-corrected chi connectivity index (χ3v) is 5.35. The van der Waals surface area contributed by atoms with Crippen LogP contribution in [0, 0.1) is 17.8 Å². The number of fused-ring (bicyclic) bond motifs is 1. The SMILES string of the molecule is NCC1CCN(c2n[nH]c(C3CC4CC4C3)n2)CC1. The first kappa shape index (κ1) is 11.7. The van der Waals surface area contributed by atoms with Crippen LogP contribution >= 0.6 is 0 Å². The highest BCUT2D eigenvalue weighted by Gasteiger charge is 2.47. The first-order valence-corrected chi connectivity index (χ1v) is 7.70. The van der Waals surface area contributed by atoms with E-state index in [4.69, 9.17) is 10.7 Å². The Morgan fingerprint density at radius 1 is 1.16 bits per heavy atom. The monoisotopic (exact) mass is 261 g/mol. The first-order chi connectivity index (χ1) is 9.33. The lowest BCUT2D eigenvalue weighted by molar-refractivity contribution is 0.411. The van der Waals surface area contributed by atoms with E-state index in [0.29, 0.717) is 11.8 Å². The molecule has 5 nitrogen and oxygen atoms in total. The van der Waals surface area contributed by atoms with E-state index in [-0.39, 0.29) is 0 Å². The molecule has 2 aliphatic carbocycles. The van der Waals surface area contributed by atoms with Crippen LogP contribution in [0.2, 0.25) is 0 Å². The van der Waals surface area contributed by atoms with E-state index >= 15 is 0 Å². The summed E-state index contributed by atoms with van der Waals surface area (Å²) in [6, 6.07) is 0. The van der Waals surface area contributed by atoms with E-state index < -0.39 is 0 Å². The number of nitrogens with two attached hydrogens (primary N) is 1. The van der Waals surface area contributed by atoms with E-state index in [2.05, 4.69) is 15.1 Å². The molecule has 3 fully saturated rings. The molecule has 3 N–H and O–H groups in total. The Labute approximate surface area is 114 Å². The molecule has 2 saturated carbocycles. The van der Waals surface area contributed by atoms with Gasteiger partial charge in [0.15, 0.2) is 0 Å². The Morgan fingerprint density at radius 3 is 2.58 bits per heavy atom. The molecule has 1 saturated heterocycles. The Balaban J connectivity index is 1.41. The predicted octanol–water partition coefficient (Wildman–Crippen LogP) is 1.49. The average Bonchev–Trinajstić information content (AvgIpc) is 2.91. The highest BCUT2D eigenvalue weighted by Crippen LogP contribution is 2.57. The number of aromatic nitrogens is 3. The van der Waals surface area contributed by atoms with Crippen LogP contribution in [0.25, 0.3) is 0 Å². The summed E-state index contributed by atoms with van der Waals surface area (Å²) in [7, 11) is 0. The second-order valence-corrected chi connectivity index (χ2v) is 6.61. The Bertz CT molecular complexity index is 438. The van der Waals surface area contributed by atoms with E-state index in [1.165, 1.54) is 32.1 Å². The van der Waals surface area contributed by atoms with Gasteiger partial charge in [0, 0.05) is 19.0 Å². The summed E-state index contributed by atoms with van der Waals surface area (Å²) >= 11 is 0. The standard InChI is InChI=1S/C14H23N5/c15-8-9-1-3-19(4-2-9)14-16-13(17-18-14)12-6-10-5-11(10)7-12/h9-12H,1-8,15H2,(H,16,17,18). The van der Waals surface area contributed by atoms with Crippen LogP contribution in [-0.2, 0) is 0 Å². The number of hydrogen-bond donors (Lipinski definition) is 2. The number of piperidine rings is 1. The van der Waals surface area contributed by atoms with Gasteiger partial charge in [0.1, 0.15) is 5.82 Å². The largest absolute Gasteiger partial charge is 0.340 e. The van der Waals surface area contributed by atoms with Crippen molar-refractivity contribution in [2.24, 2.45) is 23.5 Å². The van der Waals surface area contributed by atoms with Gasteiger partial charge in [-0.25, -0.2) is 0 Å². The second kappa shape index (κ2) is 4.47. The molecule has 1 aromatic heterocycles. The lowest BCUT2D eigenvalue weighted by Gasteiger charge is -2.30. The molecule has 0 amide bonds. The lowest BCUT2D eigenvalue weighted by Crippen LogP contribution is -2.36. The van der Waals surface area contributed by atoms with Gasteiger partial charge in [-0.1, -0.05) is 0 Å². The third-order valence-electron chi connectivity index (χ3n) is 5.35. The zero-order valence-corrected chi connectivity index (χ0v) is 11.4. The van der Waals surface area contributed by atoms with E-state index in [1.54, 1.807) is 0 Å². The summed E-state index contributed by atoms with van der Waals surface area (Å²) in [5.41, 5.74) is 5.74. The maximum absolute atomic E-state index is 5.74. The maximum Gasteiger partial charge on any atom is 0.244 e. The minimum atomic E-state index is 0.645. The summed E-state index contributed by atoms with van der Waals surface area (Å²) in [6.45, 7) is 2.92. The molecule has 0 radical (unpaired) electrons. The Hall–Kier alpha value is -1.10. The van der Waals surface area contributed by atoms with E-state index in [9.17, 15) is 0 Å². The molecule has 2 heterocycles. The zero-order chi connectivity index (χ0) is 12.8. The summed E-state index contributed by atoms with van der Waals surface area (Å²) in [4.78, 5) is 7.06. The van der Waals surface area contributed by atoms with Crippen molar-refractivity contribution in [1.29, 1.82) is 0 Å². The van der Waals surface area contributed by atoms with Crippen molar-refractivity contribution in [1.82, 2.24) is 15.2 Å². The van der Waals surface area contributed by atoms with Gasteiger partial charge in [0.2, 0.25) is 5.95 Å². The van der Waals surface area contributed by atoms with Crippen molar-refractivity contribution in [2.75, 3.05) is 24.5 Å². The Kier molecular flexibility index (Phi) is 2.76. The molecular formula is C14H23N5. The van der Waals surface area contributed by atoms with Crippen molar-refractivity contribution in [3.05, 3.63) is 5.82 Å². The van der Waals surface area contributed by atoms with Gasteiger partial charge in [0.25, 0.3) is 0 Å². The van der Waals surface area contributed by atoms with Crippen LogP contribution in [0.3, 0.4) is 0 Å². The molecule has 1 aliphatic heterocycles. The lowest BCUT2D eigenvalue weighted by atomic mass is 9.97. The number of nitrogens with zero attached hydrogens (tertiary/aromatic N) is 3. The molecular weight excluding hydrogens is 238 g/mol. The van der Waals surface area contributed by atoms with Crippen molar-refractivity contribution < 1.29 is 0 Å². The summed E-state index contributed by atoms with van der Waals surface area (Å²) in [5, 5.41) is 7.62. The van der Waals surface area contributed by atoms with Crippen molar-refractivity contribution >= 4 is 5.95 Å². The maximum atomic E-state index is 5.74. The molecule has 0 bridgehead atoms. The zero-order valence-electron chi connectivity index (χ0n) is 11.4. The molecule has 4 rings (SSSR count). The Morgan fingerprint density at radius 2 is 1.89 bits per heavy atom. The minimum Gasteiger partial charge on any atom is -0.340 e. The van der Waals surface area contributed by atoms with Crippen LogP contribution in [0.15, 0.2) is 0 Å². The fraction of sp³-hybridized carbons (Fsp3) is 0.857. The summed E-state index contributed by atoms with van der Waals surface area (Å²) in [6.07, 6.45) is 6.47. The summed E-state index contributed by atoms with van der Waals surface area (Å²) in [5.74, 6) is 5.37. The smallest absolute Gasteiger partial charge is 0.244 e. The van der Waals surface area contributed by atoms with Crippen molar-refractivity contribution in [3.63, 3.8) is 0 Å². The van der Waals surface area contributed by atoms with Gasteiger partial charge >= 0.3 is 0 Å². The first-order valence-electron chi connectivity index (χ1n) is 7.70. The van der Waals surface area contributed by atoms with Gasteiger partial charge in [-0.3, -0.25) is 5.10 Å². The molecule has 1 aromatic rings. The molecule has 0 spiro atoms. The molecule has 2 unspecified atom stereocenters. The van der Waals surface area contributed by atoms with Gasteiger partial charge in [-0.05, 0) is 56.4 Å². The average molecular weight is 261 g/mol. The molecule has 3 aliphatic rings. The van der Waals surface area contributed by atoms with Gasteiger partial charge in [-0.15, -0.1) is 5.10 Å². The van der Waals surface area contributed by atoms with Gasteiger partial charge in [0.05, 0.1) is 0 Å². The van der Waals surface area contributed by atoms with Crippen LogP contribution < -0.4 is 10.6 Å². The highest BCUT2D eigenvalue weighted by atomic mass is 15.4. The van der Waals surface area contributed by atoms with Crippen molar-refractivity contribution in [2.45, 2.75) is 38.0 Å². The fourth-order valence-electron chi connectivity index (χ4n) is 3.90. The number of anilines is 1. The summed E-state index contributed by atoms with van der Waals surface area (Å²) < 4.78 is 0. The normalized spacial score (nSPS) is 34.6. The van der Waals surface area contributed by atoms with E-state index in [1.807, 2.05) is 0 Å². The van der Waals surface area contributed by atoms with Crippen LogP contribution in [-0.4, -0.2) is 34.8 Å². The number of H-pyrrole nitrogens is 1. The highest BCUT2D eigenvalue weighted by molar-refractivity contribution is 5.30. The fourth-order valence-corrected chi connectivity index (χ4v) is 3.90. The predicted molar refractivity (Wildman–Crippen MR) is 73.9 cm³/mol. The minimum absolute atomic E-state index is 0.645. The van der Waals surface area contributed by atoms with Crippen LogP contribution in [0.5, 0.6) is 0 Å². The van der Waals surface area contributed by atoms with Crippen LogP contribution in [0.1, 0.15) is 43.8 Å². The van der Waals surface area contributed by atoms with Crippen molar-refractivity contribution in [3.8, 4) is 0 Å². The molecule has 19 heavy (non-hydrogen) atoms. The topological polar surface area (TPSA) is 70.8 Å². The third kappa shape index (κ3) is 2.14. The molecule has 5 heteroatoms.